The molecular formula is C16H16ClN3O4S. The van der Waals surface area contributed by atoms with Crippen molar-refractivity contribution in [2.45, 2.75) is 17.4 Å². The Labute approximate surface area is 148 Å². The van der Waals surface area contributed by atoms with Gasteiger partial charge in [-0.15, -0.1) is 0 Å². The van der Waals surface area contributed by atoms with Gasteiger partial charge in [-0.1, -0.05) is 23.7 Å². The first-order valence-corrected chi connectivity index (χ1v) is 9.24. The molecular weight excluding hydrogens is 366 g/mol. The molecule has 0 saturated heterocycles. The summed E-state index contributed by atoms with van der Waals surface area (Å²) in [6.45, 7) is 1.28. The van der Waals surface area contributed by atoms with Crippen LogP contribution in [0.5, 0.6) is 0 Å². The topological polar surface area (TPSA) is 115 Å². The van der Waals surface area contributed by atoms with E-state index < -0.39 is 21.3 Å². The van der Waals surface area contributed by atoms with Crippen molar-refractivity contribution in [3.8, 4) is 0 Å². The maximum absolute atomic E-state index is 12.5. The fraction of sp³-hybridized carbons (Fsp3) is 0.188. The number of H-pyrrole nitrogens is 2. The lowest BCUT2D eigenvalue weighted by Gasteiger charge is -2.24. The van der Waals surface area contributed by atoms with Gasteiger partial charge < -0.3 is 15.1 Å². The number of hydrogen-bond donors (Lipinski definition) is 4. The Morgan fingerprint density at radius 2 is 1.76 bits per heavy atom. The van der Waals surface area contributed by atoms with Crippen molar-refractivity contribution in [2.75, 3.05) is 6.54 Å². The first kappa shape index (κ1) is 17.7. The van der Waals surface area contributed by atoms with Gasteiger partial charge in [0.1, 0.15) is 5.60 Å². The van der Waals surface area contributed by atoms with E-state index >= 15 is 0 Å². The zero-order valence-corrected chi connectivity index (χ0v) is 14.8. The Kier molecular flexibility index (Phi) is 4.46. The lowest BCUT2D eigenvalue weighted by atomic mass is 9.97. The second-order valence-corrected chi connectivity index (χ2v) is 8.10. The molecule has 4 N–H and O–H groups in total. The lowest BCUT2D eigenvalue weighted by Crippen LogP contribution is -2.38. The number of fused-ring (bicyclic) bond motifs is 1. The third-order valence-electron chi connectivity index (χ3n) is 3.87. The highest BCUT2D eigenvalue weighted by atomic mass is 35.5. The minimum absolute atomic E-state index is 0.0119. The molecule has 3 rings (SSSR count). The van der Waals surface area contributed by atoms with Crippen molar-refractivity contribution in [1.82, 2.24) is 14.7 Å². The van der Waals surface area contributed by atoms with Crippen LogP contribution >= 0.6 is 11.6 Å². The summed E-state index contributed by atoms with van der Waals surface area (Å²) in [5.41, 5.74) is -0.396. The number of imidazole rings is 1. The average molecular weight is 382 g/mol. The van der Waals surface area contributed by atoms with Gasteiger partial charge in [-0.3, -0.25) is 0 Å². The van der Waals surface area contributed by atoms with E-state index in [-0.39, 0.29) is 11.4 Å². The molecule has 25 heavy (non-hydrogen) atoms. The van der Waals surface area contributed by atoms with E-state index in [0.717, 1.165) is 0 Å². The van der Waals surface area contributed by atoms with Crippen LogP contribution in [0.2, 0.25) is 5.02 Å². The number of aromatic nitrogens is 2. The molecule has 0 bridgehead atoms. The summed E-state index contributed by atoms with van der Waals surface area (Å²) in [6, 6.07) is 10.7. The van der Waals surface area contributed by atoms with E-state index in [1.54, 1.807) is 24.3 Å². The predicted octanol–water partition coefficient (Wildman–Crippen LogP) is 1.70. The van der Waals surface area contributed by atoms with Gasteiger partial charge in [0.2, 0.25) is 10.0 Å². The average Bonchev–Trinajstić information content (AvgIpc) is 2.93. The Bertz CT molecular complexity index is 1070. The summed E-state index contributed by atoms with van der Waals surface area (Å²) in [5.74, 6) is 0. The van der Waals surface area contributed by atoms with E-state index in [1.165, 1.54) is 25.1 Å². The van der Waals surface area contributed by atoms with E-state index in [0.29, 0.717) is 21.6 Å². The summed E-state index contributed by atoms with van der Waals surface area (Å²) in [4.78, 5) is 16.3. The number of nitrogens with one attached hydrogen (secondary N) is 3. The van der Waals surface area contributed by atoms with E-state index in [4.69, 9.17) is 11.6 Å². The van der Waals surface area contributed by atoms with Gasteiger partial charge in [0, 0.05) is 11.6 Å². The zero-order valence-electron chi connectivity index (χ0n) is 13.2. The summed E-state index contributed by atoms with van der Waals surface area (Å²) in [5, 5.41) is 11.1. The highest BCUT2D eigenvalue weighted by molar-refractivity contribution is 7.89. The molecule has 0 spiro atoms. The highest BCUT2D eigenvalue weighted by Crippen LogP contribution is 2.23. The molecule has 3 aromatic rings. The van der Waals surface area contributed by atoms with E-state index in [1.807, 2.05) is 0 Å². The molecule has 0 aliphatic heterocycles. The summed E-state index contributed by atoms with van der Waals surface area (Å²) >= 11 is 5.82. The number of aliphatic hydroxyl groups is 1. The van der Waals surface area contributed by atoms with Crippen molar-refractivity contribution in [2.24, 2.45) is 0 Å². The van der Waals surface area contributed by atoms with Crippen LogP contribution in [0.4, 0.5) is 0 Å². The van der Waals surface area contributed by atoms with E-state index in [2.05, 4.69) is 14.7 Å². The maximum Gasteiger partial charge on any atom is 0.323 e. The Balaban J connectivity index is 1.82. The van der Waals surface area contributed by atoms with Crippen LogP contribution in [0.25, 0.3) is 11.0 Å². The molecule has 1 unspecified atom stereocenters. The van der Waals surface area contributed by atoms with Crippen LogP contribution < -0.4 is 10.4 Å². The van der Waals surface area contributed by atoms with Gasteiger partial charge >= 0.3 is 5.69 Å². The van der Waals surface area contributed by atoms with Gasteiger partial charge in [0.05, 0.1) is 15.9 Å². The maximum atomic E-state index is 12.5. The van der Waals surface area contributed by atoms with Crippen molar-refractivity contribution in [3.05, 3.63) is 63.5 Å². The predicted molar refractivity (Wildman–Crippen MR) is 95.1 cm³/mol. The van der Waals surface area contributed by atoms with Gasteiger partial charge in [-0.25, -0.2) is 17.9 Å². The minimum atomic E-state index is -3.86. The monoisotopic (exact) mass is 381 g/mol. The quantitative estimate of drug-likeness (QED) is 0.538. The number of sulfonamides is 1. The second kappa shape index (κ2) is 6.30. The van der Waals surface area contributed by atoms with Crippen molar-refractivity contribution >= 4 is 32.7 Å². The summed E-state index contributed by atoms with van der Waals surface area (Å²) in [6.07, 6.45) is 0. The molecule has 1 atom stereocenters. The Hall–Kier alpha value is -2.13. The summed E-state index contributed by atoms with van der Waals surface area (Å²) < 4.78 is 27.3. The molecule has 2 aromatic carbocycles. The first-order chi connectivity index (χ1) is 11.7. The number of halogens is 1. The SMILES string of the molecule is CC(O)(CNS(=O)(=O)c1ccc2[nH]c(=O)[nH]c2c1)c1ccc(Cl)cc1. The van der Waals surface area contributed by atoms with Crippen molar-refractivity contribution in [1.29, 1.82) is 0 Å². The lowest BCUT2D eigenvalue weighted by molar-refractivity contribution is 0.0627. The standard InChI is InChI=1S/C16H16ClN3O4S/c1-16(22,10-2-4-11(17)5-3-10)9-18-25(23,24)12-6-7-13-14(8-12)20-15(21)19-13/h2-8,18,22H,9H2,1H3,(H2,19,20,21). The van der Waals surface area contributed by atoms with Crippen LogP contribution in [0.3, 0.4) is 0 Å². The van der Waals surface area contributed by atoms with Crippen LogP contribution in [0.1, 0.15) is 12.5 Å². The molecule has 9 heteroatoms. The minimum Gasteiger partial charge on any atom is -0.384 e. The Morgan fingerprint density at radius 3 is 2.44 bits per heavy atom. The van der Waals surface area contributed by atoms with Gasteiger partial charge in [-0.2, -0.15) is 0 Å². The molecule has 0 aliphatic carbocycles. The zero-order chi connectivity index (χ0) is 18.2. The van der Waals surface area contributed by atoms with Crippen LogP contribution in [-0.4, -0.2) is 30.0 Å². The Morgan fingerprint density at radius 1 is 1.12 bits per heavy atom. The van der Waals surface area contributed by atoms with Crippen molar-refractivity contribution < 1.29 is 13.5 Å². The molecule has 132 valence electrons. The highest BCUT2D eigenvalue weighted by Gasteiger charge is 2.26. The van der Waals surface area contributed by atoms with E-state index in [9.17, 15) is 18.3 Å². The first-order valence-electron chi connectivity index (χ1n) is 7.37. The number of aromatic amines is 2. The normalized spacial score (nSPS) is 14.5. The molecule has 0 aliphatic rings. The molecule has 0 radical (unpaired) electrons. The molecule has 0 amide bonds. The molecule has 0 fully saturated rings. The van der Waals surface area contributed by atoms with Gasteiger partial charge in [0.25, 0.3) is 0 Å². The second-order valence-electron chi connectivity index (χ2n) is 5.89. The smallest absolute Gasteiger partial charge is 0.323 e. The molecule has 1 heterocycles. The largest absolute Gasteiger partial charge is 0.384 e. The third kappa shape index (κ3) is 3.77. The molecule has 0 saturated carbocycles. The van der Waals surface area contributed by atoms with Crippen LogP contribution in [0, 0.1) is 0 Å². The third-order valence-corrected chi connectivity index (χ3v) is 5.52. The molecule has 7 nitrogen and oxygen atoms in total. The fourth-order valence-electron chi connectivity index (χ4n) is 2.41. The van der Waals surface area contributed by atoms with Crippen molar-refractivity contribution in [3.63, 3.8) is 0 Å². The fourth-order valence-corrected chi connectivity index (χ4v) is 3.69. The summed E-state index contributed by atoms with van der Waals surface area (Å²) in [7, 11) is -3.86. The number of rotatable bonds is 5. The van der Waals surface area contributed by atoms with Crippen LogP contribution in [0.15, 0.2) is 52.2 Å². The number of hydrogen-bond acceptors (Lipinski definition) is 4. The van der Waals surface area contributed by atoms with Crippen LogP contribution in [-0.2, 0) is 15.6 Å². The molecule has 1 aromatic heterocycles. The number of benzene rings is 2. The van der Waals surface area contributed by atoms with Gasteiger partial charge in [-0.05, 0) is 42.8 Å². The van der Waals surface area contributed by atoms with Gasteiger partial charge in [0.15, 0.2) is 0 Å².